The Kier molecular flexibility index (Phi) is 5.82. The van der Waals surface area contributed by atoms with Gasteiger partial charge in [0.1, 0.15) is 11.6 Å². The van der Waals surface area contributed by atoms with Gasteiger partial charge in [0.15, 0.2) is 0 Å². The number of hydrogen-bond acceptors (Lipinski definition) is 3. The number of amides is 2. The van der Waals surface area contributed by atoms with Crippen LogP contribution in [0.5, 0.6) is 5.75 Å². The molecule has 0 saturated carbocycles. The molecule has 0 bridgehead atoms. The van der Waals surface area contributed by atoms with Gasteiger partial charge in [0.05, 0.1) is 7.11 Å². The van der Waals surface area contributed by atoms with Gasteiger partial charge in [-0.1, -0.05) is 18.2 Å². The largest absolute Gasteiger partial charge is 0.496 e. The quantitative estimate of drug-likeness (QED) is 0.770. The summed E-state index contributed by atoms with van der Waals surface area (Å²) in [4.78, 5) is 15.9. The molecule has 6 nitrogen and oxygen atoms in total. The number of nitrogens with one attached hydrogen (secondary N) is 2. The van der Waals surface area contributed by atoms with Gasteiger partial charge in [-0.05, 0) is 19.4 Å². The minimum Gasteiger partial charge on any atom is -0.496 e. The number of urea groups is 1. The second kappa shape index (κ2) is 8.07. The lowest BCUT2D eigenvalue weighted by atomic mass is 10.2. The highest BCUT2D eigenvalue weighted by molar-refractivity contribution is 5.73. The Balaban J connectivity index is 1.67. The van der Waals surface area contributed by atoms with E-state index in [1.807, 2.05) is 37.4 Å². The molecule has 0 radical (unpaired) electrons. The predicted octanol–water partition coefficient (Wildman–Crippen LogP) is 2.09. The molecular weight excluding hydrogens is 280 g/mol. The van der Waals surface area contributed by atoms with Crippen LogP contribution >= 0.6 is 0 Å². The zero-order valence-electron chi connectivity index (χ0n) is 13.0. The van der Waals surface area contributed by atoms with Crippen molar-refractivity contribution in [3.05, 3.63) is 48.0 Å². The predicted molar refractivity (Wildman–Crippen MR) is 84.8 cm³/mol. The summed E-state index contributed by atoms with van der Waals surface area (Å²) in [5.41, 5.74) is 0.953. The number of benzene rings is 1. The molecule has 2 amide bonds. The first-order valence-electron chi connectivity index (χ1n) is 7.32. The van der Waals surface area contributed by atoms with E-state index in [4.69, 9.17) is 4.74 Å². The van der Waals surface area contributed by atoms with Gasteiger partial charge in [0.25, 0.3) is 0 Å². The maximum atomic E-state index is 11.8. The van der Waals surface area contributed by atoms with Crippen molar-refractivity contribution in [1.29, 1.82) is 0 Å². The molecule has 0 unspecified atom stereocenters. The third-order valence-corrected chi connectivity index (χ3v) is 3.42. The minimum atomic E-state index is -0.173. The third kappa shape index (κ3) is 4.51. The van der Waals surface area contributed by atoms with Gasteiger partial charge in [0, 0.05) is 37.6 Å². The van der Waals surface area contributed by atoms with E-state index in [0.29, 0.717) is 13.1 Å². The molecule has 1 aromatic heterocycles. The van der Waals surface area contributed by atoms with Crippen molar-refractivity contribution in [3.8, 4) is 5.75 Å². The van der Waals surface area contributed by atoms with Gasteiger partial charge in [-0.3, -0.25) is 0 Å². The zero-order valence-corrected chi connectivity index (χ0v) is 13.0. The van der Waals surface area contributed by atoms with Crippen LogP contribution < -0.4 is 15.4 Å². The van der Waals surface area contributed by atoms with E-state index in [2.05, 4.69) is 20.2 Å². The molecule has 6 heteroatoms. The van der Waals surface area contributed by atoms with Gasteiger partial charge in [-0.2, -0.15) is 0 Å². The number of aryl methyl sites for hydroxylation is 2. The highest BCUT2D eigenvalue weighted by atomic mass is 16.5. The highest BCUT2D eigenvalue weighted by Gasteiger charge is 2.04. The lowest BCUT2D eigenvalue weighted by Crippen LogP contribution is -2.35. The fourth-order valence-corrected chi connectivity index (χ4v) is 2.18. The molecule has 0 aliphatic heterocycles. The molecule has 1 heterocycles. The van der Waals surface area contributed by atoms with Gasteiger partial charge < -0.3 is 19.9 Å². The van der Waals surface area contributed by atoms with E-state index in [-0.39, 0.29) is 6.03 Å². The van der Waals surface area contributed by atoms with E-state index >= 15 is 0 Å². The van der Waals surface area contributed by atoms with Crippen molar-refractivity contribution in [1.82, 2.24) is 20.2 Å². The molecule has 118 valence electrons. The first kappa shape index (κ1) is 15.9. The Morgan fingerprint density at radius 3 is 2.86 bits per heavy atom. The lowest BCUT2D eigenvalue weighted by Gasteiger charge is -2.11. The Morgan fingerprint density at radius 2 is 2.14 bits per heavy atom. The second-order valence-corrected chi connectivity index (χ2v) is 4.94. The first-order valence-corrected chi connectivity index (χ1v) is 7.32. The average Bonchev–Trinajstić information content (AvgIpc) is 2.95. The Morgan fingerprint density at radius 1 is 1.32 bits per heavy atom. The smallest absolute Gasteiger partial charge is 0.315 e. The van der Waals surface area contributed by atoms with Crippen LogP contribution in [0.4, 0.5) is 4.79 Å². The fraction of sp³-hybridized carbons (Fsp3) is 0.375. The molecule has 0 saturated heterocycles. The zero-order chi connectivity index (χ0) is 15.8. The molecule has 1 aromatic carbocycles. The monoisotopic (exact) mass is 302 g/mol. The van der Waals surface area contributed by atoms with Crippen LogP contribution in [-0.4, -0.2) is 29.2 Å². The van der Waals surface area contributed by atoms with E-state index in [0.717, 1.165) is 30.1 Å². The number of para-hydroxylation sites is 1. The van der Waals surface area contributed by atoms with Gasteiger partial charge in [-0.15, -0.1) is 0 Å². The number of aromatic nitrogens is 2. The third-order valence-electron chi connectivity index (χ3n) is 3.42. The van der Waals surface area contributed by atoms with Crippen molar-refractivity contribution in [2.75, 3.05) is 13.7 Å². The van der Waals surface area contributed by atoms with Crippen LogP contribution in [0.1, 0.15) is 17.8 Å². The molecule has 22 heavy (non-hydrogen) atoms. The Labute approximate surface area is 130 Å². The van der Waals surface area contributed by atoms with Gasteiger partial charge in [-0.25, -0.2) is 9.78 Å². The van der Waals surface area contributed by atoms with Gasteiger partial charge in [0.2, 0.25) is 0 Å². The SMILES string of the molecule is COc1ccccc1CNC(=O)NCCCn1ccnc1C. The summed E-state index contributed by atoms with van der Waals surface area (Å²) in [6.07, 6.45) is 4.58. The average molecular weight is 302 g/mol. The standard InChI is InChI=1S/C16H22N4O2/c1-13-17-9-11-20(13)10-5-8-18-16(21)19-12-14-6-3-4-7-15(14)22-2/h3-4,6-7,9,11H,5,8,10,12H2,1-2H3,(H2,18,19,21). The summed E-state index contributed by atoms with van der Waals surface area (Å²) >= 11 is 0. The number of nitrogens with zero attached hydrogens (tertiary/aromatic N) is 2. The molecular formula is C16H22N4O2. The Bertz CT molecular complexity index is 610. The van der Waals surface area contributed by atoms with Crippen LogP contribution in [0.3, 0.4) is 0 Å². The molecule has 0 atom stereocenters. The highest BCUT2D eigenvalue weighted by Crippen LogP contribution is 2.16. The number of hydrogen-bond donors (Lipinski definition) is 2. The second-order valence-electron chi connectivity index (χ2n) is 4.94. The molecule has 2 aromatic rings. The van der Waals surface area contributed by atoms with Crippen molar-refractivity contribution < 1.29 is 9.53 Å². The fourth-order valence-electron chi connectivity index (χ4n) is 2.18. The maximum absolute atomic E-state index is 11.8. The summed E-state index contributed by atoms with van der Waals surface area (Å²) in [6.45, 7) is 3.87. The van der Waals surface area contributed by atoms with Crippen LogP contribution in [-0.2, 0) is 13.1 Å². The summed E-state index contributed by atoms with van der Waals surface area (Å²) in [6, 6.07) is 7.46. The summed E-state index contributed by atoms with van der Waals surface area (Å²) in [5.74, 6) is 1.76. The van der Waals surface area contributed by atoms with Crippen molar-refractivity contribution in [2.45, 2.75) is 26.4 Å². The number of carbonyl (C=O) groups is 1. The molecule has 0 aliphatic rings. The molecule has 2 N–H and O–H groups in total. The maximum Gasteiger partial charge on any atom is 0.315 e. The van der Waals surface area contributed by atoms with E-state index in [1.165, 1.54) is 0 Å². The normalized spacial score (nSPS) is 10.3. The number of rotatable bonds is 7. The minimum absolute atomic E-state index is 0.173. The van der Waals surface area contributed by atoms with E-state index in [1.54, 1.807) is 13.3 Å². The molecule has 0 fully saturated rings. The topological polar surface area (TPSA) is 68.2 Å². The van der Waals surface area contributed by atoms with Crippen LogP contribution in [0, 0.1) is 6.92 Å². The molecule has 0 spiro atoms. The van der Waals surface area contributed by atoms with Crippen molar-refractivity contribution in [2.24, 2.45) is 0 Å². The first-order chi connectivity index (χ1) is 10.7. The van der Waals surface area contributed by atoms with Crippen LogP contribution in [0.25, 0.3) is 0 Å². The lowest BCUT2D eigenvalue weighted by molar-refractivity contribution is 0.240. The molecule has 2 rings (SSSR count). The number of methoxy groups -OCH3 is 1. The number of ether oxygens (including phenoxy) is 1. The summed E-state index contributed by atoms with van der Waals surface area (Å²) < 4.78 is 7.31. The summed E-state index contributed by atoms with van der Waals surface area (Å²) in [5, 5.41) is 5.68. The van der Waals surface area contributed by atoms with Gasteiger partial charge >= 0.3 is 6.03 Å². The van der Waals surface area contributed by atoms with Crippen LogP contribution in [0.15, 0.2) is 36.7 Å². The van der Waals surface area contributed by atoms with E-state index < -0.39 is 0 Å². The Hall–Kier alpha value is -2.50. The summed E-state index contributed by atoms with van der Waals surface area (Å²) in [7, 11) is 1.62. The number of carbonyl (C=O) groups excluding carboxylic acids is 1. The number of imidazole rings is 1. The van der Waals surface area contributed by atoms with Crippen molar-refractivity contribution in [3.63, 3.8) is 0 Å². The van der Waals surface area contributed by atoms with E-state index in [9.17, 15) is 4.79 Å². The molecule has 0 aliphatic carbocycles. The van der Waals surface area contributed by atoms with Crippen molar-refractivity contribution >= 4 is 6.03 Å². The van der Waals surface area contributed by atoms with Crippen LogP contribution in [0.2, 0.25) is 0 Å².